The van der Waals surface area contributed by atoms with Gasteiger partial charge in [-0.15, -0.1) is 12.4 Å². The number of amides is 1. The first-order valence-electron chi connectivity index (χ1n) is 7.67. The second kappa shape index (κ2) is 8.20. The first-order valence-corrected chi connectivity index (χ1v) is 7.67. The summed E-state index contributed by atoms with van der Waals surface area (Å²) < 4.78 is 5.22. The van der Waals surface area contributed by atoms with Gasteiger partial charge in [0.25, 0.3) is 0 Å². The number of nitrogens with two attached hydrogens (primary N) is 1. The Morgan fingerprint density at radius 3 is 2.60 bits per heavy atom. The minimum Gasteiger partial charge on any atom is -0.385 e. The van der Waals surface area contributed by atoms with Crippen molar-refractivity contribution < 1.29 is 9.53 Å². The van der Waals surface area contributed by atoms with E-state index in [0.29, 0.717) is 0 Å². The summed E-state index contributed by atoms with van der Waals surface area (Å²) in [6.45, 7) is 1.62. The molecular weight excluding hydrogens is 276 g/mol. The Morgan fingerprint density at radius 1 is 1.35 bits per heavy atom. The van der Waals surface area contributed by atoms with Crippen molar-refractivity contribution in [3.05, 3.63) is 0 Å². The van der Waals surface area contributed by atoms with Crippen molar-refractivity contribution in [1.29, 1.82) is 0 Å². The third-order valence-electron chi connectivity index (χ3n) is 4.98. The van der Waals surface area contributed by atoms with Crippen LogP contribution in [0.5, 0.6) is 0 Å². The molecule has 0 aromatic carbocycles. The van der Waals surface area contributed by atoms with E-state index in [1.807, 2.05) is 0 Å². The maximum atomic E-state index is 12.2. The van der Waals surface area contributed by atoms with Crippen molar-refractivity contribution in [3.8, 4) is 0 Å². The molecule has 3 N–H and O–H groups in total. The summed E-state index contributed by atoms with van der Waals surface area (Å²) in [7, 11) is 1.75. The number of hydrogen-bond donors (Lipinski definition) is 2. The normalized spacial score (nSPS) is 28.1. The standard InChI is InChI=1S/C15H28N2O2.ClH/c1-19-9-8-15(6-2-3-7-15)11-17-14(18)12-4-5-13(16)10-12;/h12-13H,2-11,16H2,1H3,(H,17,18);1H. The lowest BCUT2D eigenvalue weighted by molar-refractivity contribution is -0.125. The first-order chi connectivity index (χ1) is 9.15. The minimum absolute atomic E-state index is 0. The van der Waals surface area contributed by atoms with Gasteiger partial charge in [-0.25, -0.2) is 0 Å². The summed E-state index contributed by atoms with van der Waals surface area (Å²) in [5.41, 5.74) is 6.16. The molecule has 0 spiro atoms. The zero-order chi connectivity index (χ0) is 13.7. The zero-order valence-corrected chi connectivity index (χ0v) is 13.3. The number of ether oxygens (including phenoxy) is 1. The lowest BCUT2D eigenvalue weighted by atomic mass is 9.82. The summed E-state index contributed by atoms with van der Waals surface area (Å²) in [6.07, 6.45) is 8.89. The van der Waals surface area contributed by atoms with Gasteiger partial charge in [0.2, 0.25) is 5.91 Å². The van der Waals surface area contributed by atoms with Crippen LogP contribution in [0, 0.1) is 11.3 Å². The number of carbonyl (C=O) groups excluding carboxylic acids is 1. The van der Waals surface area contributed by atoms with Gasteiger partial charge in [0, 0.05) is 32.2 Å². The summed E-state index contributed by atoms with van der Waals surface area (Å²) in [4.78, 5) is 12.2. The van der Waals surface area contributed by atoms with Gasteiger partial charge >= 0.3 is 0 Å². The molecule has 2 rings (SSSR count). The van der Waals surface area contributed by atoms with Crippen LogP contribution >= 0.6 is 12.4 Å². The van der Waals surface area contributed by atoms with Crippen molar-refractivity contribution in [2.45, 2.75) is 57.4 Å². The maximum Gasteiger partial charge on any atom is 0.223 e. The summed E-state index contributed by atoms with van der Waals surface area (Å²) in [5.74, 6) is 0.368. The molecule has 5 heteroatoms. The number of hydrogen-bond acceptors (Lipinski definition) is 3. The highest BCUT2D eigenvalue weighted by molar-refractivity contribution is 5.85. The minimum atomic E-state index is 0. The Labute approximate surface area is 128 Å². The molecule has 118 valence electrons. The number of nitrogens with one attached hydrogen (secondary N) is 1. The number of halogens is 1. The van der Waals surface area contributed by atoms with Gasteiger partial charge in [0.1, 0.15) is 0 Å². The topological polar surface area (TPSA) is 64.3 Å². The fraction of sp³-hybridized carbons (Fsp3) is 0.933. The Bertz CT molecular complexity index is 306. The first kappa shape index (κ1) is 17.7. The molecule has 2 aliphatic rings. The maximum absolute atomic E-state index is 12.2. The van der Waals surface area contributed by atoms with Gasteiger partial charge in [-0.3, -0.25) is 4.79 Å². The number of carbonyl (C=O) groups is 1. The second-order valence-corrected chi connectivity index (χ2v) is 6.44. The average Bonchev–Trinajstić information content (AvgIpc) is 3.03. The smallest absolute Gasteiger partial charge is 0.223 e. The lowest BCUT2D eigenvalue weighted by Crippen LogP contribution is -2.39. The predicted molar refractivity (Wildman–Crippen MR) is 83.0 cm³/mol. The van der Waals surface area contributed by atoms with Crippen LogP contribution in [0.1, 0.15) is 51.4 Å². The number of methoxy groups -OCH3 is 1. The molecule has 4 nitrogen and oxygen atoms in total. The fourth-order valence-electron chi connectivity index (χ4n) is 3.63. The van der Waals surface area contributed by atoms with Crippen LogP contribution in [0.25, 0.3) is 0 Å². The highest BCUT2D eigenvalue weighted by Gasteiger charge is 2.35. The van der Waals surface area contributed by atoms with Gasteiger partial charge < -0.3 is 15.8 Å². The molecule has 0 bridgehead atoms. The summed E-state index contributed by atoms with van der Waals surface area (Å²) in [5, 5.41) is 3.19. The van der Waals surface area contributed by atoms with Crippen LogP contribution in [-0.2, 0) is 9.53 Å². The van der Waals surface area contributed by atoms with Gasteiger partial charge in [-0.2, -0.15) is 0 Å². The Balaban J connectivity index is 0.00000200. The van der Waals surface area contributed by atoms with Crippen molar-refractivity contribution in [1.82, 2.24) is 5.32 Å². The molecule has 0 aliphatic heterocycles. The molecule has 2 fully saturated rings. The van der Waals surface area contributed by atoms with Gasteiger partial charge in [0.05, 0.1) is 0 Å². The Morgan fingerprint density at radius 2 is 2.05 bits per heavy atom. The molecule has 2 unspecified atom stereocenters. The quantitative estimate of drug-likeness (QED) is 0.791. The second-order valence-electron chi connectivity index (χ2n) is 6.44. The molecule has 20 heavy (non-hydrogen) atoms. The Kier molecular flexibility index (Phi) is 7.27. The zero-order valence-electron chi connectivity index (χ0n) is 12.5. The third kappa shape index (κ3) is 4.61. The molecule has 2 atom stereocenters. The van der Waals surface area contributed by atoms with E-state index in [4.69, 9.17) is 10.5 Å². The van der Waals surface area contributed by atoms with E-state index in [9.17, 15) is 4.79 Å². The van der Waals surface area contributed by atoms with Crippen LogP contribution in [-0.4, -0.2) is 32.2 Å². The lowest BCUT2D eigenvalue weighted by Gasteiger charge is -2.29. The van der Waals surface area contributed by atoms with Crippen LogP contribution < -0.4 is 11.1 Å². The summed E-state index contributed by atoms with van der Waals surface area (Å²) in [6, 6.07) is 0.227. The van der Waals surface area contributed by atoms with Gasteiger partial charge in [-0.1, -0.05) is 12.8 Å². The van der Waals surface area contributed by atoms with Crippen LogP contribution in [0.2, 0.25) is 0 Å². The summed E-state index contributed by atoms with van der Waals surface area (Å²) >= 11 is 0. The molecule has 1 amide bonds. The van der Waals surface area contributed by atoms with Gasteiger partial charge in [0.15, 0.2) is 0 Å². The number of rotatable bonds is 6. The van der Waals surface area contributed by atoms with E-state index in [1.54, 1.807) is 7.11 Å². The van der Waals surface area contributed by atoms with E-state index in [2.05, 4.69) is 5.32 Å². The van der Waals surface area contributed by atoms with E-state index in [0.717, 1.165) is 38.8 Å². The molecule has 2 saturated carbocycles. The molecule has 0 aromatic rings. The molecule has 0 heterocycles. The monoisotopic (exact) mass is 304 g/mol. The molecular formula is C15H29ClN2O2. The van der Waals surface area contributed by atoms with Crippen LogP contribution in [0.3, 0.4) is 0 Å². The molecule has 0 saturated heterocycles. The van der Waals surface area contributed by atoms with Crippen molar-refractivity contribution >= 4 is 18.3 Å². The van der Waals surface area contributed by atoms with Gasteiger partial charge in [-0.05, 0) is 43.9 Å². The molecule has 2 aliphatic carbocycles. The Hall–Kier alpha value is -0.320. The van der Waals surface area contributed by atoms with E-state index in [1.165, 1.54) is 25.7 Å². The largest absolute Gasteiger partial charge is 0.385 e. The molecule has 0 radical (unpaired) electrons. The fourth-order valence-corrected chi connectivity index (χ4v) is 3.63. The SMILES string of the molecule is COCCC1(CNC(=O)C2CCC(N)C2)CCCC1.Cl. The van der Waals surface area contributed by atoms with Crippen molar-refractivity contribution in [3.63, 3.8) is 0 Å². The van der Waals surface area contributed by atoms with Crippen molar-refractivity contribution in [2.75, 3.05) is 20.3 Å². The van der Waals surface area contributed by atoms with Crippen LogP contribution in [0.4, 0.5) is 0 Å². The third-order valence-corrected chi connectivity index (χ3v) is 4.98. The van der Waals surface area contributed by atoms with Crippen molar-refractivity contribution in [2.24, 2.45) is 17.1 Å². The highest BCUT2D eigenvalue weighted by atomic mass is 35.5. The molecule has 0 aromatic heterocycles. The van der Waals surface area contributed by atoms with Crippen LogP contribution in [0.15, 0.2) is 0 Å². The van der Waals surface area contributed by atoms with E-state index in [-0.39, 0.29) is 35.7 Å². The predicted octanol–water partition coefficient (Wildman–Crippen LogP) is 2.25. The average molecular weight is 305 g/mol. The highest BCUT2D eigenvalue weighted by Crippen LogP contribution is 2.40. The van der Waals surface area contributed by atoms with E-state index >= 15 is 0 Å². The van der Waals surface area contributed by atoms with E-state index < -0.39 is 0 Å².